The summed E-state index contributed by atoms with van der Waals surface area (Å²) in [5, 5.41) is 0. The van der Waals surface area contributed by atoms with Crippen molar-refractivity contribution in [2.75, 3.05) is 0 Å². The van der Waals surface area contributed by atoms with Crippen molar-refractivity contribution in [2.24, 2.45) is 0 Å². The molecule has 1 aromatic rings. The van der Waals surface area contributed by atoms with Gasteiger partial charge in [-0.15, -0.1) is 0 Å². The molecule has 0 nitrogen and oxygen atoms in total. The SMILES string of the molecule is FC(F)(F)/C(=C/Cl)c1ccccc1. The Morgan fingerprint density at radius 2 is 1.69 bits per heavy atom. The van der Waals surface area contributed by atoms with Gasteiger partial charge in [0.1, 0.15) is 0 Å². The third kappa shape index (κ3) is 2.49. The maximum absolute atomic E-state index is 12.3. The Kier molecular flexibility index (Phi) is 2.98. The molecule has 0 amide bonds. The highest BCUT2D eigenvalue weighted by Crippen LogP contribution is 2.33. The topological polar surface area (TPSA) is 0 Å². The number of hydrogen-bond donors (Lipinski definition) is 0. The molecule has 0 saturated heterocycles. The van der Waals surface area contributed by atoms with Crippen molar-refractivity contribution in [1.82, 2.24) is 0 Å². The molecule has 0 radical (unpaired) electrons. The van der Waals surface area contributed by atoms with Gasteiger partial charge in [0.25, 0.3) is 0 Å². The van der Waals surface area contributed by atoms with Gasteiger partial charge in [0, 0.05) is 5.54 Å². The van der Waals surface area contributed by atoms with Crippen LogP contribution in [0, 0.1) is 0 Å². The maximum atomic E-state index is 12.3. The van der Waals surface area contributed by atoms with Crippen LogP contribution in [0.1, 0.15) is 5.56 Å². The van der Waals surface area contributed by atoms with Crippen LogP contribution >= 0.6 is 11.6 Å². The molecular weight excluding hydrogens is 201 g/mol. The number of rotatable bonds is 1. The highest BCUT2D eigenvalue weighted by Gasteiger charge is 2.34. The molecule has 0 saturated carbocycles. The Bertz CT molecular complexity index is 300. The van der Waals surface area contributed by atoms with Gasteiger partial charge in [-0.2, -0.15) is 13.2 Å². The van der Waals surface area contributed by atoms with Crippen molar-refractivity contribution < 1.29 is 13.2 Å². The zero-order valence-electron chi connectivity index (χ0n) is 6.48. The summed E-state index contributed by atoms with van der Waals surface area (Å²) in [6, 6.07) is 7.43. The van der Waals surface area contributed by atoms with Gasteiger partial charge in [-0.25, -0.2) is 0 Å². The summed E-state index contributed by atoms with van der Waals surface area (Å²) < 4.78 is 36.8. The number of allylic oxidation sites excluding steroid dienone is 1. The molecule has 0 aliphatic carbocycles. The largest absolute Gasteiger partial charge is 0.417 e. The number of benzene rings is 1. The Morgan fingerprint density at radius 3 is 2.08 bits per heavy atom. The van der Waals surface area contributed by atoms with Crippen molar-refractivity contribution in [1.29, 1.82) is 0 Å². The van der Waals surface area contributed by atoms with Crippen molar-refractivity contribution in [2.45, 2.75) is 6.18 Å². The molecule has 0 atom stereocenters. The predicted molar refractivity (Wildman–Crippen MR) is 46.3 cm³/mol. The van der Waals surface area contributed by atoms with Crippen LogP contribution in [-0.4, -0.2) is 6.18 Å². The fourth-order valence-corrected chi connectivity index (χ4v) is 1.16. The van der Waals surface area contributed by atoms with Crippen LogP contribution in [0.25, 0.3) is 5.57 Å². The molecule has 0 aliphatic rings. The van der Waals surface area contributed by atoms with E-state index in [4.69, 9.17) is 11.6 Å². The van der Waals surface area contributed by atoms with Crippen LogP contribution in [0.15, 0.2) is 35.9 Å². The molecule has 1 rings (SSSR count). The molecule has 13 heavy (non-hydrogen) atoms. The standard InChI is InChI=1S/C9H6ClF3/c10-6-8(9(11,12)13)7-4-2-1-3-5-7/h1-6H/b8-6+. The Balaban J connectivity index is 3.08. The minimum Gasteiger partial charge on any atom is -0.166 e. The molecule has 4 heteroatoms. The summed E-state index contributed by atoms with van der Waals surface area (Å²) in [5.41, 5.74) is -0.199. The summed E-state index contributed by atoms with van der Waals surface area (Å²) in [4.78, 5) is 0. The lowest BCUT2D eigenvalue weighted by Gasteiger charge is -2.09. The lowest BCUT2D eigenvalue weighted by atomic mass is 10.1. The smallest absolute Gasteiger partial charge is 0.166 e. The second-order valence-electron chi connectivity index (χ2n) is 2.39. The van der Waals surface area contributed by atoms with Crippen LogP contribution in [0.4, 0.5) is 13.2 Å². The Morgan fingerprint density at radius 1 is 1.15 bits per heavy atom. The number of alkyl halides is 3. The molecule has 1 aromatic carbocycles. The van der Waals surface area contributed by atoms with E-state index in [1.807, 2.05) is 0 Å². The van der Waals surface area contributed by atoms with Crippen LogP contribution in [0.3, 0.4) is 0 Å². The first-order valence-electron chi connectivity index (χ1n) is 3.48. The van der Waals surface area contributed by atoms with Crippen molar-refractivity contribution in [3.63, 3.8) is 0 Å². The van der Waals surface area contributed by atoms with Gasteiger partial charge in [-0.05, 0) is 5.56 Å². The fraction of sp³-hybridized carbons (Fsp3) is 0.111. The summed E-state index contributed by atoms with van der Waals surface area (Å²) in [7, 11) is 0. The molecule has 0 fully saturated rings. The number of halogens is 4. The van der Waals surface area contributed by atoms with Gasteiger partial charge in [0.05, 0.1) is 5.57 Å². The molecule has 0 N–H and O–H groups in total. The molecule has 0 heterocycles. The van der Waals surface area contributed by atoms with E-state index < -0.39 is 11.7 Å². The summed E-state index contributed by atoms with van der Waals surface area (Å²) in [6.45, 7) is 0. The summed E-state index contributed by atoms with van der Waals surface area (Å²) >= 11 is 5.10. The van der Waals surface area contributed by atoms with E-state index in [-0.39, 0.29) is 5.56 Å². The minimum atomic E-state index is -4.40. The van der Waals surface area contributed by atoms with Gasteiger partial charge in [-0.1, -0.05) is 41.9 Å². The van der Waals surface area contributed by atoms with Crippen LogP contribution in [0.2, 0.25) is 0 Å². The van der Waals surface area contributed by atoms with Crippen molar-refractivity contribution in [3.05, 3.63) is 41.4 Å². The van der Waals surface area contributed by atoms with Crippen LogP contribution in [0.5, 0.6) is 0 Å². The minimum absolute atomic E-state index is 0.0741. The fourth-order valence-electron chi connectivity index (χ4n) is 0.906. The van der Waals surface area contributed by atoms with E-state index in [1.165, 1.54) is 24.3 Å². The summed E-state index contributed by atoms with van der Waals surface area (Å²) in [6.07, 6.45) is -4.40. The van der Waals surface area contributed by atoms with Crippen molar-refractivity contribution in [3.8, 4) is 0 Å². The molecular formula is C9H6ClF3. The van der Waals surface area contributed by atoms with E-state index in [1.54, 1.807) is 6.07 Å². The first-order chi connectivity index (χ1) is 6.05. The summed E-state index contributed by atoms with van der Waals surface area (Å²) in [5.74, 6) is 0. The predicted octanol–water partition coefficient (Wildman–Crippen LogP) is 3.83. The normalized spacial score (nSPS) is 13.1. The van der Waals surface area contributed by atoms with Crippen molar-refractivity contribution >= 4 is 17.2 Å². The van der Waals surface area contributed by atoms with Gasteiger partial charge in [0.15, 0.2) is 0 Å². The quantitative estimate of drug-likeness (QED) is 0.655. The molecule has 0 aromatic heterocycles. The molecule has 70 valence electrons. The third-order valence-electron chi connectivity index (χ3n) is 1.50. The van der Waals surface area contributed by atoms with E-state index in [9.17, 15) is 13.2 Å². The van der Waals surface area contributed by atoms with E-state index in [0.29, 0.717) is 5.54 Å². The second kappa shape index (κ2) is 3.83. The number of hydrogen-bond acceptors (Lipinski definition) is 0. The molecule has 0 bridgehead atoms. The van der Waals surface area contributed by atoms with Gasteiger partial charge in [0.2, 0.25) is 0 Å². The first kappa shape index (κ1) is 10.1. The molecule has 0 aliphatic heterocycles. The van der Waals surface area contributed by atoms with Crippen LogP contribution in [-0.2, 0) is 0 Å². The zero-order chi connectivity index (χ0) is 9.90. The van der Waals surface area contributed by atoms with Gasteiger partial charge in [-0.3, -0.25) is 0 Å². The second-order valence-corrected chi connectivity index (χ2v) is 2.60. The highest BCUT2D eigenvalue weighted by atomic mass is 35.5. The highest BCUT2D eigenvalue weighted by molar-refractivity contribution is 6.28. The zero-order valence-corrected chi connectivity index (χ0v) is 7.23. The maximum Gasteiger partial charge on any atom is 0.417 e. The molecule has 0 unspecified atom stereocenters. The average molecular weight is 207 g/mol. The average Bonchev–Trinajstić information content (AvgIpc) is 2.05. The first-order valence-corrected chi connectivity index (χ1v) is 3.92. The van der Waals surface area contributed by atoms with Crippen LogP contribution < -0.4 is 0 Å². The third-order valence-corrected chi connectivity index (χ3v) is 1.72. The van der Waals surface area contributed by atoms with E-state index in [0.717, 1.165) is 0 Å². The van der Waals surface area contributed by atoms with Gasteiger partial charge >= 0.3 is 6.18 Å². The van der Waals surface area contributed by atoms with Gasteiger partial charge < -0.3 is 0 Å². The Hall–Kier alpha value is -0.960. The molecule has 0 spiro atoms. The van der Waals surface area contributed by atoms with E-state index in [2.05, 4.69) is 0 Å². The lowest BCUT2D eigenvalue weighted by Crippen LogP contribution is -2.09. The lowest BCUT2D eigenvalue weighted by molar-refractivity contribution is -0.0687. The van der Waals surface area contributed by atoms with E-state index >= 15 is 0 Å². The Labute approximate surface area is 78.6 Å². The monoisotopic (exact) mass is 206 g/mol.